The van der Waals surface area contributed by atoms with Gasteiger partial charge in [-0.15, -0.1) is 0 Å². The predicted octanol–water partition coefficient (Wildman–Crippen LogP) is 6.56. The van der Waals surface area contributed by atoms with Gasteiger partial charge < -0.3 is 14.2 Å². The van der Waals surface area contributed by atoms with Crippen molar-refractivity contribution in [3.8, 4) is 0 Å². The van der Waals surface area contributed by atoms with E-state index in [-0.39, 0.29) is 24.9 Å². The van der Waals surface area contributed by atoms with Crippen LogP contribution in [-0.2, 0) is 42.2 Å². The smallest absolute Gasteiger partial charge is 0.410 e. The second-order valence-electron chi connectivity index (χ2n) is 12.7. The molecule has 0 aromatic heterocycles. The van der Waals surface area contributed by atoms with Crippen LogP contribution in [0.3, 0.4) is 0 Å². The molecule has 7 nitrogen and oxygen atoms in total. The van der Waals surface area contributed by atoms with E-state index >= 15 is 0 Å². The highest BCUT2D eigenvalue weighted by atomic mass is 19.1. The SMILES string of the molecule is CN(C(=O)OC(C)(C)C)[C@@H](CC(C)(C)F)C(=O)O[C@H](Cc1ccc(C(C)(C)C)cc1)C(=O)OCc1ccccc1. The molecule has 0 unspecified atom stereocenters. The molecule has 0 fully saturated rings. The van der Waals surface area contributed by atoms with Crippen molar-refractivity contribution in [3.05, 3.63) is 71.3 Å². The van der Waals surface area contributed by atoms with E-state index in [2.05, 4.69) is 20.8 Å². The van der Waals surface area contributed by atoms with Crippen LogP contribution < -0.4 is 0 Å². The van der Waals surface area contributed by atoms with E-state index in [1.54, 1.807) is 20.8 Å². The number of hydrogen-bond acceptors (Lipinski definition) is 6. The molecule has 2 aromatic carbocycles. The quantitative estimate of drug-likeness (QED) is 0.243. The Morgan fingerprint density at radius 3 is 1.90 bits per heavy atom. The molecule has 0 bridgehead atoms. The maximum absolute atomic E-state index is 14.8. The number of halogens is 1. The summed E-state index contributed by atoms with van der Waals surface area (Å²) in [5.74, 6) is -1.66. The van der Waals surface area contributed by atoms with Crippen molar-refractivity contribution in [2.24, 2.45) is 0 Å². The van der Waals surface area contributed by atoms with E-state index in [4.69, 9.17) is 14.2 Å². The zero-order valence-electron chi connectivity index (χ0n) is 25.2. The van der Waals surface area contributed by atoms with E-state index in [0.717, 1.165) is 21.6 Å². The largest absolute Gasteiger partial charge is 0.458 e. The van der Waals surface area contributed by atoms with Gasteiger partial charge in [-0.05, 0) is 56.7 Å². The molecule has 0 N–H and O–H groups in total. The maximum Gasteiger partial charge on any atom is 0.410 e. The summed E-state index contributed by atoms with van der Waals surface area (Å²) in [6.45, 7) is 14.0. The number of esters is 2. The van der Waals surface area contributed by atoms with Crippen molar-refractivity contribution in [3.63, 3.8) is 0 Å². The molecule has 0 aliphatic carbocycles. The highest BCUT2D eigenvalue weighted by Gasteiger charge is 2.38. The van der Waals surface area contributed by atoms with Gasteiger partial charge in [-0.25, -0.2) is 18.8 Å². The molecule has 2 atom stereocenters. The van der Waals surface area contributed by atoms with Gasteiger partial charge in [0.15, 0.2) is 0 Å². The predicted molar refractivity (Wildman–Crippen MR) is 153 cm³/mol. The summed E-state index contributed by atoms with van der Waals surface area (Å²) in [7, 11) is 1.35. The Labute approximate surface area is 238 Å². The van der Waals surface area contributed by atoms with E-state index < -0.39 is 41.4 Å². The van der Waals surface area contributed by atoms with Gasteiger partial charge in [-0.3, -0.25) is 4.90 Å². The minimum Gasteiger partial charge on any atom is -0.458 e. The molecule has 0 saturated carbocycles. The third-order valence-electron chi connectivity index (χ3n) is 6.09. The Kier molecular flexibility index (Phi) is 10.9. The second-order valence-corrected chi connectivity index (χ2v) is 12.7. The average molecular weight is 558 g/mol. The second kappa shape index (κ2) is 13.3. The summed E-state index contributed by atoms with van der Waals surface area (Å²) in [5.41, 5.74) is -0.0549. The molecule has 1 amide bonds. The van der Waals surface area contributed by atoms with Crippen molar-refractivity contribution in [2.45, 2.75) is 104 Å². The normalized spacial score (nSPS) is 13.7. The Balaban J connectivity index is 2.32. The Morgan fingerprint density at radius 1 is 0.825 bits per heavy atom. The molecule has 8 heteroatoms. The van der Waals surface area contributed by atoms with E-state index in [1.165, 1.54) is 20.9 Å². The molecule has 0 saturated heterocycles. The fourth-order valence-electron chi connectivity index (χ4n) is 3.87. The fourth-order valence-corrected chi connectivity index (χ4v) is 3.87. The van der Waals surface area contributed by atoms with Gasteiger partial charge in [0, 0.05) is 19.9 Å². The van der Waals surface area contributed by atoms with Crippen LogP contribution >= 0.6 is 0 Å². The zero-order chi connectivity index (χ0) is 30.3. The van der Waals surface area contributed by atoms with Crippen LogP contribution in [0.15, 0.2) is 54.6 Å². The number of ether oxygens (including phenoxy) is 3. The van der Waals surface area contributed by atoms with Gasteiger partial charge in [0.1, 0.15) is 23.9 Å². The number of alkyl halides is 1. The van der Waals surface area contributed by atoms with Gasteiger partial charge in [0.2, 0.25) is 6.10 Å². The van der Waals surface area contributed by atoms with Gasteiger partial charge >= 0.3 is 18.0 Å². The summed E-state index contributed by atoms with van der Waals surface area (Å²) in [4.78, 5) is 40.4. The molecule has 0 aliphatic heterocycles. The summed E-state index contributed by atoms with van der Waals surface area (Å²) in [5, 5.41) is 0. The number of benzene rings is 2. The van der Waals surface area contributed by atoms with Crippen LogP contribution in [0.25, 0.3) is 0 Å². The molecular weight excluding hydrogens is 513 g/mol. The van der Waals surface area contributed by atoms with Crippen LogP contribution in [-0.4, -0.2) is 53.4 Å². The third-order valence-corrected chi connectivity index (χ3v) is 6.09. The monoisotopic (exact) mass is 557 g/mol. The van der Waals surface area contributed by atoms with Gasteiger partial charge in [0.25, 0.3) is 0 Å². The molecule has 0 radical (unpaired) electrons. The molecule has 220 valence electrons. The Morgan fingerprint density at radius 2 is 1.40 bits per heavy atom. The van der Waals surface area contributed by atoms with E-state index in [1.807, 2.05) is 54.6 Å². The summed E-state index contributed by atoms with van der Waals surface area (Å²) in [6, 6.07) is 15.5. The van der Waals surface area contributed by atoms with Crippen molar-refractivity contribution < 1.29 is 33.0 Å². The van der Waals surface area contributed by atoms with Crippen LogP contribution in [0.1, 0.15) is 78.5 Å². The van der Waals surface area contributed by atoms with Gasteiger partial charge in [-0.1, -0.05) is 75.4 Å². The molecular formula is C32H44FNO6. The average Bonchev–Trinajstić information content (AvgIpc) is 2.83. The van der Waals surface area contributed by atoms with Crippen molar-refractivity contribution in [1.29, 1.82) is 0 Å². The van der Waals surface area contributed by atoms with Crippen LogP contribution in [0, 0.1) is 0 Å². The first-order valence-electron chi connectivity index (χ1n) is 13.5. The fraction of sp³-hybridized carbons (Fsp3) is 0.531. The van der Waals surface area contributed by atoms with Crippen LogP contribution in [0.5, 0.6) is 0 Å². The standard InChI is InChI=1S/C32H44FNO6/c1-30(2,3)24-17-15-22(16-18-24)19-26(28(36)38-21-23-13-11-10-12-14-23)39-27(35)25(20-32(7,8)33)34(9)29(37)40-31(4,5)6/h10-18,25-26H,19-21H2,1-9H3/t25-,26+/m0/s1. The van der Waals surface area contributed by atoms with E-state index in [9.17, 15) is 18.8 Å². The molecule has 0 heterocycles. The van der Waals surface area contributed by atoms with Crippen LogP contribution in [0.4, 0.5) is 9.18 Å². The van der Waals surface area contributed by atoms with Crippen molar-refractivity contribution >= 4 is 18.0 Å². The first-order valence-corrected chi connectivity index (χ1v) is 13.5. The molecule has 2 rings (SSSR count). The van der Waals surface area contributed by atoms with Gasteiger partial charge in [0.05, 0.1) is 0 Å². The van der Waals surface area contributed by atoms with Crippen molar-refractivity contribution in [2.75, 3.05) is 7.05 Å². The lowest BCUT2D eigenvalue weighted by atomic mass is 9.86. The number of hydrogen-bond donors (Lipinski definition) is 0. The topological polar surface area (TPSA) is 82.1 Å². The number of likely N-dealkylation sites (N-methyl/N-ethyl adjacent to an activating group) is 1. The zero-order valence-corrected chi connectivity index (χ0v) is 25.2. The number of carbonyl (C=O) groups is 3. The third kappa shape index (κ3) is 11.0. The van der Waals surface area contributed by atoms with E-state index in [0.29, 0.717) is 0 Å². The number of nitrogens with zero attached hydrogens (tertiary/aromatic N) is 1. The molecule has 40 heavy (non-hydrogen) atoms. The Hall–Kier alpha value is -3.42. The highest BCUT2D eigenvalue weighted by Crippen LogP contribution is 2.25. The summed E-state index contributed by atoms with van der Waals surface area (Å²) in [6.07, 6.45) is -2.42. The lowest BCUT2D eigenvalue weighted by molar-refractivity contribution is -0.172. The lowest BCUT2D eigenvalue weighted by Crippen LogP contribution is -2.49. The van der Waals surface area contributed by atoms with Crippen molar-refractivity contribution in [1.82, 2.24) is 4.90 Å². The lowest BCUT2D eigenvalue weighted by Gasteiger charge is -2.32. The van der Waals surface area contributed by atoms with Gasteiger partial charge in [-0.2, -0.15) is 0 Å². The first-order chi connectivity index (χ1) is 18.4. The Bertz CT molecular complexity index is 1130. The summed E-state index contributed by atoms with van der Waals surface area (Å²) >= 11 is 0. The molecule has 0 aliphatic rings. The first kappa shape index (κ1) is 32.8. The minimum atomic E-state index is -1.81. The number of amides is 1. The maximum atomic E-state index is 14.8. The number of rotatable bonds is 10. The summed E-state index contributed by atoms with van der Waals surface area (Å²) < 4.78 is 31.3. The minimum absolute atomic E-state index is 0.00453. The molecule has 0 spiro atoms. The van der Waals surface area contributed by atoms with Crippen LogP contribution in [0.2, 0.25) is 0 Å². The molecule has 2 aromatic rings. The number of carbonyl (C=O) groups excluding carboxylic acids is 3. The highest BCUT2D eigenvalue weighted by molar-refractivity contribution is 5.85.